The molecule has 0 unspecified atom stereocenters. The van der Waals surface area contributed by atoms with Gasteiger partial charge in [0.2, 0.25) is 15.9 Å². The van der Waals surface area contributed by atoms with Gasteiger partial charge in [-0.25, -0.2) is 17.1 Å². The summed E-state index contributed by atoms with van der Waals surface area (Å²) in [5, 5.41) is 3.20. The lowest BCUT2D eigenvalue weighted by Gasteiger charge is -2.32. The second kappa shape index (κ2) is 9.83. The van der Waals surface area contributed by atoms with Crippen molar-refractivity contribution < 1.29 is 17.6 Å². The number of sulfonamides is 1. The van der Waals surface area contributed by atoms with Crippen molar-refractivity contribution in [2.24, 2.45) is 5.92 Å². The van der Waals surface area contributed by atoms with Gasteiger partial charge >= 0.3 is 0 Å². The van der Waals surface area contributed by atoms with Crippen molar-refractivity contribution in [3.05, 3.63) is 35.6 Å². The Bertz CT molecular complexity index is 753. The predicted octanol–water partition coefficient (Wildman–Crippen LogP) is 3.60. The molecule has 28 heavy (non-hydrogen) atoms. The molecule has 156 valence electrons. The summed E-state index contributed by atoms with van der Waals surface area (Å²) in [6.45, 7) is 0.638. The lowest BCUT2D eigenvalue weighted by atomic mass is 9.94. The second-order valence-corrected chi connectivity index (χ2v) is 10.0. The van der Waals surface area contributed by atoms with Gasteiger partial charge in [-0.15, -0.1) is 0 Å². The molecule has 0 aromatic heterocycles. The quantitative estimate of drug-likeness (QED) is 0.807. The normalized spacial score (nSPS) is 21.0. The first-order valence-corrected chi connectivity index (χ1v) is 12.1. The van der Waals surface area contributed by atoms with Crippen LogP contribution in [0.2, 0.25) is 0 Å². The molecule has 2 fully saturated rings. The smallest absolute Gasteiger partial charge is 0.223 e. The van der Waals surface area contributed by atoms with Crippen LogP contribution in [-0.2, 0) is 20.6 Å². The molecule has 0 radical (unpaired) electrons. The summed E-state index contributed by atoms with van der Waals surface area (Å²) in [4.78, 5) is 12.6. The summed E-state index contributed by atoms with van der Waals surface area (Å²) in [5.41, 5.74) is 0.187. The number of hydrogen-bond acceptors (Lipinski definition) is 3. The zero-order valence-corrected chi connectivity index (χ0v) is 17.2. The van der Waals surface area contributed by atoms with E-state index in [1.165, 1.54) is 35.7 Å². The molecule has 1 aliphatic heterocycles. The molecule has 1 N–H and O–H groups in total. The Labute approximate surface area is 167 Å². The minimum atomic E-state index is -3.58. The molecule has 1 heterocycles. The van der Waals surface area contributed by atoms with Gasteiger partial charge in [-0.3, -0.25) is 4.79 Å². The van der Waals surface area contributed by atoms with E-state index in [-0.39, 0.29) is 29.2 Å². The number of benzene rings is 1. The van der Waals surface area contributed by atoms with Gasteiger partial charge < -0.3 is 5.32 Å². The van der Waals surface area contributed by atoms with Crippen LogP contribution in [0.5, 0.6) is 0 Å². The van der Waals surface area contributed by atoms with E-state index in [1.54, 1.807) is 12.1 Å². The van der Waals surface area contributed by atoms with Crippen molar-refractivity contribution in [2.75, 3.05) is 13.1 Å². The molecule has 1 aliphatic carbocycles. The molecular weight excluding hydrogens is 379 g/mol. The van der Waals surface area contributed by atoms with E-state index in [0.29, 0.717) is 25.9 Å². The molecule has 0 bridgehead atoms. The average molecular weight is 411 g/mol. The molecule has 0 atom stereocenters. The minimum absolute atomic E-state index is 0.0664. The zero-order valence-electron chi connectivity index (χ0n) is 16.4. The van der Waals surface area contributed by atoms with Crippen LogP contribution in [0.1, 0.15) is 63.4 Å². The standard InChI is InChI=1S/C21H31FN2O3S/c22-20-11-7-6-8-18(20)16-28(26,27)24-14-12-17(13-15-24)21(25)23-19-9-4-2-1-3-5-10-19/h6-8,11,17,19H,1-5,9-10,12-16H2,(H,23,25). The van der Waals surface area contributed by atoms with Crippen LogP contribution in [0.4, 0.5) is 4.39 Å². The molecule has 1 aromatic carbocycles. The van der Waals surface area contributed by atoms with Gasteiger partial charge in [0.05, 0.1) is 5.75 Å². The van der Waals surface area contributed by atoms with Crippen LogP contribution in [0.15, 0.2) is 24.3 Å². The molecule has 7 heteroatoms. The van der Waals surface area contributed by atoms with Crippen molar-refractivity contribution in [2.45, 2.75) is 69.6 Å². The van der Waals surface area contributed by atoms with Crippen molar-refractivity contribution in [1.82, 2.24) is 9.62 Å². The van der Waals surface area contributed by atoms with E-state index >= 15 is 0 Å². The van der Waals surface area contributed by atoms with Gasteiger partial charge in [0.25, 0.3) is 0 Å². The Balaban J connectivity index is 1.50. The third-order valence-electron chi connectivity index (χ3n) is 5.97. The Morgan fingerprint density at radius 3 is 2.25 bits per heavy atom. The molecule has 1 saturated carbocycles. The molecule has 5 nitrogen and oxygen atoms in total. The topological polar surface area (TPSA) is 66.5 Å². The van der Waals surface area contributed by atoms with Crippen molar-refractivity contribution in [3.63, 3.8) is 0 Å². The summed E-state index contributed by atoms with van der Waals surface area (Å²) < 4.78 is 40.5. The summed E-state index contributed by atoms with van der Waals surface area (Å²) in [6, 6.07) is 6.22. The summed E-state index contributed by atoms with van der Waals surface area (Å²) in [5.74, 6) is -0.903. The largest absolute Gasteiger partial charge is 0.353 e. The Kier molecular flexibility index (Phi) is 7.46. The van der Waals surface area contributed by atoms with Gasteiger partial charge in [-0.05, 0) is 31.7 Å². The van der Waals surface area contributed by atoms with Gasteiger partial charge in [0.1, 0.15) is 5.82 Å². The van der Waals surface area contributed by atoms with E-state index in [1.807, 2.05) is 0 Å². The van der Waals surface area contributed by atoms with Crippen LogP contribution in [0.25, 0.3) is 0 Å². The highest BCUT2D eigenvalue weighted by molar-refractivity contribution is 7.88. The van der Waals surface area contributed by atoms with E-state index < -0.39 is 15.8 Å². The van der Waals surface area contributed by atoms with E-state index in [2.05, 4.69) is 5.32 Å². The van der Waals surface area contributed by atoms with Crippen molar-refractivity contribution in [1.29, 1.82) is 0 Å². The van der Waals surface area contributed by atoms with E-state index in [0.717, 1.165) is 25.7 Å². The van der Waals surface area contributed by atoms with Crippen molar-refractivity contribution >= 4 is 15.9 Å². The van der Waals surface area contributed by atoms with Gasteiger partial charge in [-0.2, -0.15) is 0 Å². The van der Waals surface area contributed by atoms with Gasteiger partial charge in [0, 0.05) is 30.6 Å². The fourth-order valence-electron chi connectivity index (χ4n) is 4.22. The van der Waals surface area contributed by atoms with Gasteiger partial charge in [0.15, 0.2) is 0 Å². The average Bonchev–Trinajstić information content (AvgIpc) is 2.65. The molecule has 3 rings (SSSR count). The van der Waals surface area contributed by atoms with Crippen LogP contribution in [-0.4, -0.2) is 37.8 Å². The van der Waals surface area contributed by atoms with E-state index in [9.17, 15) is 17.6 Å². The highest BCUT2D eigenvalue weighted by atomic mass is 32.2. The Hall–Kier alpha value is -1.47. The highest BCUT2D eigenvalue weighted by Crippen LogP contribution is 2.24. The Morgan fingerprint density at radius 1 is 1.00 bits per heavy atom. The third-order valence-corrected chi connectivity index (χ3v) is 7.79. The number of piperidine rings is 1. The van der Waals surface area contributed by atoms with Crippen LogP contribution in [0, 0.1) is 11.7 Å². The number of nitrogens with zero attached hydrogens (tertiary/aromatic N) is 1. The molecular formula is C21H31FN2O3S. The van der Waals surface area contributed by atoms with Crippen LogP contribution < -0.4 is 5.32 Å². The third kappa shape index (κ3) is 5.77. The number of nitrogens with one attached hydrogen (secondary N) is 1. The number of carbonyl (C=O) groups excluding carboxylic acids is 1. The number of halogens is 1. The summed E-state index contributed by atoms with van der Waals surface area (Å²) in [6.07, 6.45) is 9.23. The first-order chi connectivity index (χ1) is 13.5. The first kappa shape index (κ1) is 21.2. The fourth-order valence-corrected chi connectivity index (χ4v) is 5.80. The monoisotopic (exact) mass is 410 g/mol. The molecule has 2 aliphatic rings. The van der Waals surface area contributed by atoms with Crippen LogP contribution in [0.3, 0.4) is 0 Å². The summed E-state index contributed by atoms with van der Waals surface area (Å²) in [7, 11) is -3.58. The number of carbonyl (C=O) groups is 1. The summed E-state index contributed by atoms with van der Waals surface area (Å²) >= 11 is 0. The van der Waals surface area contributed by atoms with Crippen LogP contribution >= 0.6 is 0 Å². The number of rotatable bonds is 5. The molecule has 0 spiro atoms. The minimum Gasteiger partial charge on any atom is -0.353 e. The SMILES string of the molecule is O=C(NC1CCCCCCC1)C1CCN(S(=O)(=O)Cc2ccccc2F)CC1. The van der Waals surface area contributed by atoms with E-state index in [4.69, 9.17) is 0 Å². The van der Waals surface area contributed by atoms with Gasteiger partial charge in [-0.1, -0.05) is 50.3 Å². The lowest BCUT2D eigenvalue weighted by Crippen LogP contribution is -2.45. The molecule has 1 amide bonds. The first-order valence-electron chi connectivity index (χ1n) is 10.5. The maximum atomic E-state index is 13.8. The molecule has 1 saturated heterocycles. The number of amides is 1. The lowest BCUT2D eigenvalue weighted by molar-refractivity contribution is -0.127. The molecule has 1 aromatic rings. The highest BCUT2D eigenvalue weighted by Gasteiger charge is 2.32. The van der Waals surface area contributed by atoms with Crippen molar-refractivity contribution in [3.8, 4) is 0 Å². The number of hydrogen-bond donors (Lipinski definition) is 1. The zero-order chi connectivity index (χ0) is 20.0. The maximum Gasteiger partial charge on any atom is 0.223 e. The fraction of sp³-hybridized carbons (Fsp3) is 0.667. The predicted molar refractivity (Wildman–Crippen MR) is 108 cm³/mol. The maximum absolute atomic E-state index is 13.8. The second-order valence-electron chi connectivity index (χ2n) is 8.07. The Morgan fingerprint density at radius 2 is 1.61 bits per heavy atom.